The Morgan fingerprint density at radius 2 is 1.97 bits per heavy atom. The molecule has 0 fully saturated rings. The Morgan fingerprint density at radius 1 is 1.26 bits per heavy atom. The minimum absolute atomic E-state index is 0.351. The summed E-state index contributed by atoms with van der Waals surface area (Å²) in [6.07, 6.45) is -0.450. The average Bonchev–Trinajstić information content (AvgIpc) is 3.05. The Labute approximate surface area is 173 Å². The molecule has 0 aliphatic heterocycles. The van der Waals surface area contributed by atoms with E-state index in [9.17, 15) is 23.3 Å². The first-order chi connectivity index (χ1) is 14.6. The molecule has 0 spiro atoms. The Kier molecular flexibility index (Phi) is 4.58. The fourth-order valence-corrected chi connectivity index (χ4v) is 3.79. The van der Waals surface area contributed by atoms with Crippen LogP contribution in [0.2, 0.25) is 0 Å². The monoisotopic (exact) mass is 430 g/mol. The van der Waals surface area contributed by atoms with Crippen molar-refractivity contribution in [3.63, 3.8) is 0 Å². The van der Waals surface area contributed by atoms with E-state index in [2.05, 4.69) is 9.97 Å². The molecule has 2 atom stereocenters. The Bertz CT molecular complexity index is 1260. The molecule has 2 heterocycles. The van der Waals surface area contributed by atoms with Gasteiger partial charge in [0.15, 0.2) is 0 Å². The van der Waals surface area contributed by atoms with E-state index in [0.717, 1.165) is 10.9 Å². The molecular weight excluding hydrogens is 413 g/mol. The molecule has 1 aliphatic rings. The summed E-state index contributed by atoms with van der Waals surface area (Å²) in [7, 11) is 1.84. The zero-order chi connectivity index (χ0) is 22.6. The van der Waals surface area contributed by atoms with Gasteiger partial charge in [-0.3, -0.25) is 10.1 Å². The molecule has 11 heteroatoms. The molecule has 3 aromatic rings. The third-order valence-electron chi connectivity index (χ3n) is 5.34. The molecule has 0 amide bonds. The van der Waals surface area contributed by atoms with Gasteiger partial charge in [0.2, 0.25) is 5.82 Å². The number of nitrogens with zero attached hydrogens (tertiary/aromatic N) is 4. The molecule has 2 aromatic heterocycles. The van der Waals surface area contributed by atoms with Crippen LogP contribution in [-0.2, 0) is 12.6 Å². The number of benzene rings is 1. The third kappa shape index (κ3) is 3.13. The Balaban J connectivity index is 1.89. The van der Waals surface area contributed by atoms with Crippen LogP contribution >= 0.6 is 0 Å². The summed E-state index contributed by atoms with van der Waals surface area (Å²) in [5, 5.41) is 12.9. The number of para-hydroxylation sites is 1. The summed E-state index contributed by atoms with van der Waals surface area (Å²) >= 11 is 0. The van der Waals surface area contributed by atoms with E-state index in [-0.39, 0.29) is 5.82 Å². The van der Waals surface area contributed by atoms with Crippen LogP contribution in [0.15, 0.2) is 66.1 Å². The van der Waals surface area contributed by atoms with Crippen LogP contribution in [0.3, 0.4) is 0 Å². The largest absolute Gasteiger partial charge is 0.418 e. The van der Waals surface area contributed by atoms with E-state index in [0.29, 0.717) is 23.4 Å². The van der Waals surface area contributed by atoms with Gasteiger partial charge in [0.1, 0.15) is 6.04 Å². The van der Waals surface area contributed by atoms with Gasteiger partial charge in [0.25, 0.3) is 0 Å². The minimum Gasteiger partial charge on any atom is -0.398 e. The number of nitro groups is 1. The van der Waals surface area contributed by atoms with Crippen molar-refractivity contribution in [1.82, 2.24) is 14.5 Å². The predicted molar refractivity (Wildman–Crippen MR) is 107 cm³/mol. The van der Waals surface area contributed by atoms with Gasteiger partial charge in [-0.2, -0.15) is 13.2 Å². The number of hydrogen-bond acceptors (Lipinski definition) is 6. The highest BCUT2D eigenvalue weighted by Crippen LogP contribution is 2.40. The SMILES string of the molecule is Cn1cc(-c2ccnc(C3([N+](=O)[O-])C=C(N)C(C(F)(F)F)=CC3N)n2)c2ccccc21. The summed E-state index contributed by atoms with van der Waals surface area (Å²) < 4.78 is 41.5. The highest BCUT2D eigenvalue weighted by Gasteiger charge is 2.55. The fraction of sp³-hybridized carbons (Fsp3) is 0.200. The lowest BCUT2D eigenvalue weighted by Crippen LogP contribution is -2.53. The van der Waals surface area contributed by atoms with Crippen LogP contribution in [0.25, 0.3) is 22.2 Å². The van der Waals surface area contributed by atoms with Crippen molar-refractivity contribution in [3.05, 3.63) is 82.1 Å². The van der Waals surface area contributed by atoms with Gasteiger partial charge in [-0.05, 0) is 18.2 Å². The second-order valence-corrected chi connectivity index (χ2v) is 7.22. The highest BCUT2D eigenvalue weighted by molar-refractivity contribution is 5.95. The maximum Gasteiger partial charge on any atom is 0.418 e. The Morgan fingerprint density at radius 3 is 2.65 bits per heavy atom. The number of aryl methyl sites for hydroxylation is 1. The van der Waals surface area contributed by atoms with Crippen molar-refractivity contribution in [2.24, 2.45) is 18.5 Å². The van der Waals surface area contributed by atoms with E-state index < -0.39 is 34.0 Å². The first kappa shape index (κ1) is 20.5. The predicted octanol–water partition coefficient (Wildman–Crippen LogP) is 2.78. The van der Waals surface area contributed by atoms with E-state index in [1.165, 1.54) is 6.20 Å². The van der Waals surface area contributed by atoms with E-state index in [4.69, 9.17) is 11.5 Å². The van der Waals surface area contributed by atoms with Gasteiger partial charge < -0.3 is 16.0 Å². The molecule has 160 valence electrons. The van der Waals surface area contributed by atoms with Crippen molar-refractivity contribution in [2.75, 3.05) is 0 Å². The average molecular weight is 430 g/mol. The van der Waals surface area contributed by atoms with Crippen LogP contribution in [0.5, 0.6) is 0 Å². The lowest BCUT2D eigenvalue weighted by molar-refractivity contribution is -0.567. The molecule has 8 nitrogen and oxygen atoms in total. The highest BCUT2D eigenvalue weighted by atomic mass is 19.4. The summed E-state index contributed by atoms with van der Waals surface area (Å²) in [6, 6.07) is 7.38. The standard InChI is InChI=1S/C20H17F3N6O2/c1-28-10-12(11-4-2-3-5-16(11)28)15-6-7-26-18(27-15)19(29(30)31)9-14(24)13(8-17(19)25)20(21,22)23/h2-10,17H,24-25H2,1H3. The van der Waals surface area contributed by atoms with Crippen molar-refractivity contribution < 1.29 is 18.1 Å². The maximum atomic E-state index is 13.2. The molecule has 1 aliphatic carbocycles. The molecule has 2 unspecified atom stereocenters. The third-order valence-corrected chi connectivity index (χ3v) is 5.34. The lowest BCUT2D eigenvalue weighted by atomic mass is 9.82. The van der Waals surface area contributed by atoms with E-state index in [1.54, 1.807) is 6.07 Å². The van der Waals surface area contributed by atoms with E-state index >= 15 is 0 Å². The van der Waals surface area contributed by atoms with Gasteiger partial charge in [-0.25, -0.2) is 9.97 Å². The van der Waals surface area contributed by atoms with Crippen molar-refractivity contribution >= 4 is 10.9 Å². The molecule has 31 heavy (non-hydrogen) atoms. The molecule has 0 saturated carbocycles. The van der Waals surface area contributed by atoms with Crippen molar-refractivity contribution in [3.8, 4) is 11.3 Å². The molecule has 0 radical (unpaired) electrons. The van der Waals surface area contributed by atoms with Gasteiger partial charge in [0, 0.05) is 52.6 Å². The summed E-state index contributed by atoms with van der Waals surface area (Å²) in [6.45, 7) is 0. The first-order valence-electron chi connectivity index (χ1n) is 9.11. The number of allylic oxidation sites excluding steroid dienone is 1. The van der Waals surface area contributed by atoms with Gasteiger partial charge >= 0.3 is 11.7 Å². The molecule has 0 saturated heterocycles. The van der Waals surface area contributed by atoms with Gasteiger partial charge in [-0.1, -0.05) is 18.2 Å². The number of alkyl halides is 3. The molecular formula is C20H17F3N6O2. The molecule has 1 aromatic carbocycles. The lowest BCUT2D eigenvalue weighted by Gasteiger charge is -2.30. The second kappa shape index (κ2) is 6.91. The Hall–Kier alpha value is -3.73. The maximum absolute atomic E-state index is 13.2. The quantitative estimate of drug-likeness (QED) is 0.486. The number of hydrogen-bond donors (Lipinski definition) is 2. The van der Waals surface area contributed by atoms with Crippen LogP contribution in [0.4, 0.5) is 13.2 Å². The minimum atomic E-state index is -4.80. The summed E-state index contributed by atoms with van der Waals surface area (Å²) in [4.78, 5) is 19.6. The van der Waals surface area contributed by atoms with Crippen LogP contribution in [0.1, 0.15) is 5.82 Å². The number of aromatic nitrogens is 3. The molecule has 4 rings (SSSR count). The van der Waals surface area contributed by atoms with Crippen LogP contribution in [0, 0.1) is 10.1 Å². The molecule has 4 N–H and O–H groups in total. The van der Waals surface area contributed by atoms with Crippen LogP contribution in [-0.4, -0.2) is 31.7 Å². The van der Waals surface area contributed by atoms with Crippen molar-refractivity contribution in [2.45, 2.75) is 17.8 Å². The number of fused-ring (bicyclic) bond motifs is 1. The zero-order valence-electron chi connectivity index (χ0n) is 16.2. The number of rotatable bonds is 3. The molecule has 0 bridgehead atoms. The number of nitrogens with two attached hydrogens (primary N) is 2. The van der Waals surface area contributed by atoms with Crippen LogP contribution < -0.4 is 11.5 Å². The van der Waals surface area contributed by atoms with Gasteiger partial charge in [-0.15, -0.1) is 0 Å². The van der Waals surface area contributed by atoms with E-state index in [1.807, 2.05) is 42.1 Å². The van der Waals surface area contributed by atoms with Crippen molar-refractivity contribution in [1.29, 1.82) is 0 Å². The summed E-state index contributed by atoms with van der Waals surface area (Å²) in [5.74, 6) is -0.351. The number of halogens is 3. The fourth-order valence-electron chi connectivity index (χ4n) is 3.79. The zero-order valence-corrected chi connectivity index (χ0v) is 16.2. The van der Waals surface area contributed by atoms with Gasteiger partial charge in [0.05, 0.1) is 11.3 Å². The normalized spacial score (nSPS) is 21.6. The topological polar surface area (TPSA) is 126 Å². The first-order valence-corrected chi connectivity index (χ1v) is 9.11. The second-order valence-electron chi connectivity index (χ2n) is 7.22. The smallest absolute Gasteiger partial charge is 0.398 e. The summed E-state index contributed by atoms with van der Waals surface area (Å²) in [5.41, 5.74) is 9.04.